The third-order valence-electron chi connectivity index (χ3n) is 7.84. The minimum absolute atomic E-state index is 0.0408. The number of aromatic hydroxyl groups is 1. The number of ether oxygens (including phenoxy) is 5. The largest absolute Gasteiger partial charge is 0.506 e. The molecule has 2 aliphatic rings. The Morgan fingerprint density at radius 1 is 0.860 bits per heavy atom. The lowest BCUT2D eigenvalue weighted by Crippen LogP contribution is -2.61. The van der Waals surface area contributed by atoms with Gasteiger partial charge in [0.25, 0.3) is 0 Å². The van der Waals surface area contributed by atoms with Crippen LogP contribution in [-0.4, -0.2) is 112 Å². The smallest absolute Gasteiger partial charge is 0.197 e. The Morgan fingerprint density at radius 3 is 2.19 bits per heavy atom. The van der Waals surface area contributed by atoms with Crippen LogP contribution in [0.1, 0.15) is 18.6 Å². The number of phenolic OH excluding ortho intramolecular Hbond substituents is 1. The fraction of sp³-hybridized carbons (Fsp3) is 0.483. The number of methoxy groups -OCH3 is 2. The van der Waals surface area contributed by atoms with Gasteiger partial charge in [0, 0.05) is 17.7 Å². The van der Waals surface area contributed by atoms with Crippen LogP contribution in [0.4, 0.5) is 0 Å². The fourth-order valence-electron chi connectivity index (χ4n) is 5.39. The van der Waals surface area contributed by atoms with E-state index in [1.54, 1.807) is 24.3 Å². The van der Waals surface area contributed by atoms with E-state index in [9.17, 15) is 40.5 Å². The van der Waals surface area contributed by atoms with Gasteiger partial charge in [0.05, 0.1) is 32.5 Å². The van der Waals surface area contributed by atoms with Crippen molar-refractivity contribution >= 4 is 11.0 Å². The SMILES string of the molecule is COc1ccc(-c2cc(=O)c3c(O)c([C@@H]4O[C@H](CO)[C@@H](O)[C@H](O)[C@H]4O[C@@H]4O[C@@H](C)[C@H](O)[C@H](O)[C@@H]4O)c(OC)cc3o2)cc1. The van der Waals surface area contributed by atoms with Crippen LogP contribution in [0.5, 0.6) is 17.2 Å². The maximum absolute atomic E-state index is 13.3. The molecule has 2 fully saturated rings. The number of rotatable bonds is 7. The molecule has 0 saturated carbocycles. The van der Waals surface area contributed by atoms with Crippen LogP contribution in [0.2, 0.25) is 0 Å². The van der Waals surface area contributed by atoms with Crippen molar-refractivity contribution in [3.05, 3.63) is 52.2 Å². The molecule has 0 spiro atoms. The van der Waals surface area contributed by atoms with Crippen LogP contribution in [0.3, 0.4) is 0 Å². The van der Waals surface area contributed by atoms with E-state index >= 15 is 0 Å². The molecule has 2 aromatic carbocycles. The fourth-order valence-corrected chi connectivity index (χ4v) is 5.39. The van der Waals surface area contributed by atoms with E-state index < -0.39 is 79.0 Å². The third-order valence-corrected chi connectivity index (χ3v) is 7.84. The van der Waals surface area contributed by atoms with Gasteiger partial charge in [0.1, 0.15) is 82.8 Å². The number of aliphatic hydroxyl groups excluding tert-OH is 6. The van der Waals surface area contributed by atoms with Gasteiger partial charge >= 0.3 is 0 Å². The van der Waals surface area contributed by atoms with E-state index in [4.69, 9.17) is 28.1 Å². The van der Waals surface area contributed by atoms with Crippen molar-refractivity contribution in [1.29, 1.82) is 0 Å². The third kappa shape index (κ3) is 5.57. The summed E-state index contributed by atoms with van der Waals surface area (Å²) in [6.07, 6.45) is -15.5. The first-order valence-electron chi connectivity index (χ1n) is 13.5. The van der Waals surface area contributed by atoms with Crippen molar-refractivity contribution in [2.75, 3.05) is 20.8 Å². The Labute approximate surface area is 244 Å². The molecule has 5 rings (SSSR count). The monoisotopic (exact) mass is 606 g/mol. The molecule has 43 heavy (non-hydrogen) atoms. The van der Waals surface area contributed by atoms with Gasteiger partial charge in [0.15, 0.2) is 11.7 Å². The number of fused-ring (bicyclic) bond motifs is 1. The van der Waals surface area contributed by atoms with Gasteiger partial charge in [-0.05, 0) is 31.2 Å². The van der Waals surface area contributed by atoms with Gasteiger partial charge in [-0.2, -0.15) is 0 Å². The standard InChI is InChI=1S/C29H34O14/c1-11-21(32)24(35)26(37)29(40-11)43-28-25(36)22(33)18(10-30)42-27(28)20-16(39-3)9-17-19(23(20)34)14(31)8-15(41-17)12-4-6-13(38-2)7-5-12/h4-9,11,18,21-22,24-30,32-37H,10H2,1-3H3/t11-,18+,21-,22+,24-,25-,26-,27-,28+,29-/m0/s1. The van der Waals surface area contributed by atoms with Crippen LogP contribution < -0.4 is 14.9 Å². The predicted octanol–water partition coefficient (Wildman–Crippen LogP) is -0.451. The van der Waals surface area contributed by atoms with Gasteiger partial charge in [-0.3, -0.25) is 4.79 Å². The van der Waals surface area contributed by atoms with Crippen molar-refractivity contribution in [3.8, 4) is 28.6 Å². The lowest BCUT2D eigenvalue weighted by atomic mass is 9.89. The Morgan fingerprint density at radius 2 is 1.56 bits per heavy atom. The summed E-state index contributed by atoms with van der Waals surface area (Å²) < 4.78 is 33.8. The lowest BCUT2D eigenvalue weighted by Gasteiger charge is -2.46. The number of phenols is 1. The summed E-state index contributed by atoms with van der Waals surface area (Å²) in [6.45, 7) is 0.686. The zero-order valence-electron chi connectivity index (χ0n) is 23.4. The minimum atomic E-state index is -1.79. The second-order valence-corrected chi connectivity index (χ2v) is 10.5. The lowest BCUT2D eigenvalue weighted by molar-refractivity contribution is -0.338. The molecule has 1 aromatic heterocycles. The first-order chi connectivity index (χ1) is 20.5. The van der Waals surface area contributed by atoms with Crippen molar-refractivity contribution < 1.29 is 63.8 Å². The molecule has 0 bridgehead atoms. The molecule has 7 N–H and O–H groups in total. The number of hydrogen-bond donors (Lipinski definition) is 7. The molecule has 3 aromatic rings. The topological polar surface area (TPSA) is 218 Å². The number of aliphatic hydroxyl groups is 6. The normalized spacial score (nSPS) is 33.0. The van der Waals surface area contributed by atoms with Crippen molar-refractivity contribution in [2.24, 2.45) is 0 Å². The van der Waals surface area contributed by atoms with Gasteiger partial charge < -0.3 is 63.8 Å². The molecule has 3 heterocycles. The maximum Gasteiger partial charge on any atom is 0.197 e. The van der Waals surface area contributed by atoms with Crippen LogP contribution in [0, 0.1) is 0 Å². The van der Waals surface area contributed by atoms with Crippen LogP contribution >= 0.6 is 0 Å². The van der Waals surface area contributed by atoms with E-state index in [2.05, 4.69) is 0 Å². The zero-order valence-corrected chi connectivity index (χ0v) is 23.4. The van der Waals surface area contributed by atoms with Gasteiger partial charge in [-0.25, -0.2) is 0 Å². The second kappa shape index (κ2) is 12.4. The van der Waals surface area contributed by atoms with E-state index in [1.807, 2.05) is 0 Å². The maximum atomic E-state index is 13.3. The highest BCUT2D eigenvalue weighted by Gasteiger charge is 2.51. The molecule has 14 heteroatoms. The average molecular weight is 607 g/mol. The molecule has 0 radical (unpaired) electrons. The van der Waals surface area contributed by atoms with Crippen LogP contribution in [-0.2, 0) is 14.2 Å². The van der Waals surface area contributed by atoms with Gasteiger partial charge in [0.2, 0.25) is 0 Å². The summed E-state index contributed by atoms with van der Waals surface area (Å²) >= 11 is 0. The molecule has 14 nitrogen and oxygen atoms in total. The van der Waals surface area contributed by atoms with Crippen LogP contribution in [0.15, 0.2) is 45.6 Å². The summed E-state index contributed by atoms with van der Waals surface area (Å²) in [7, 11) is 2.79. The molecular formula is C29H34O14. The van der Waals surface area contributed by atoms with E-state index in [1.165, 1.54) is 33.3 Å². The van der Waals surface area contributed by atoms with Crippen LogP contribution in [0.25, 0.3) is 22.3 Å². The Bertz CT molecular complexity index is 1490. The van der Waals surface area contributed by atoms with E-state index in [0.717, 1.165) is 0 Å². The molecule has 2 saturated heterocycles. The Hall–Kier alpha value is -3.31. The number of hydrogen-bond acceptors (Lipinski definition) is 14. The van der Waals surface area contributed by atoms with Crippen molar-refractivity contribution in [3.63, 3.8) is 0 Å². The molecule has 2 aliphatic heterocycles. The highest BCUT2D eigenvalue weighted by molar-refractivity contribution is 5.88. The molecule has 0 aliphatic carbocycles. The van der Waals surface area contributed by atoms with Crippen molar-refractivity contribution in [1.82, 2.24) is 0 Å². The quantitative estimate of drug-likeness (QED) is 0.181. The van der Waals surface area contributed by atoms with Gasteiger partial charge in [-0.1, -0.05) is 0 Å². The highest BCUT2D eigenvalue weighted by atomic mass is 16.7. The van der Waals surface area contributed by atoms with Crippen molar-refractivity contribution in [2.45, 2.75) is 68.1 Å². The Kier molecular flexibility index (Phi) is 8.94. The summed E-state index contributed by atoms with van der Waals surface area (Å²) in [5, 5.41) is 73.6. The summed E-state index contributed by atoms with van der Waals surface area (Å²) in [5.74, 6) is 0.0894. The van der Waals surface area contributed by atoms with E-state index in [0.29, 0.717) is 11.3 Å². The second-order valence-electron chi connectivity index (χ2n) is 10.5. The summed E-state index contributed by atoms with van der Waals surface area (Å²) in [4.78, 5) is 13.3. The minimum Gasteiger partial charge on any atom is -0.506 e. The van der Waals surface area contributed by atoms with Gasteiger partial charge in [-0.15, -0.1) is 0 Å². The molecule has 10 atom stereocenters. The molecule has 0 amide bonds. The Balaban J connectivity index is 1.60. The first kappa shape index (κ1) is 31.1. The molecular weight excluding hydrogens is 572 g/mol. The molecule has 0 unspecified atom stereocenters. The number of benzene rings is 2. The summed E-state index contributed by atoms with van der Waals surface area (Å²) in [5.41, 5.74) is -0.298. The summed E-state index contributed by atoms with van der Waals surface area (Å²) in [6, 6.07) is 9.26. The zero-order chi connectivity index (χ0) is 31.2. The predicted molar refractivity (Wildman–Crippen MR) is 147 cm³/mol. The molecule has 234 valence electrons. The highest BCUT2D eigenvalue weighted by Crippen LogP contribution is 2.46. The van der Waals surface area contributed by atoms with E-state index in [-0.39, 0.29) is 28.0 Å². The average Bonchev–Trinajstić information content (AvgIpc) is 3.00. The first-order valence-corrected chi connectivity index (χ1v) is 13.5.